The van der Waals surface area contributed by atoms with E-state index >= 15 is 0 Å². The van der Waals surface area contributed by atoms with E-state index < -0.39 is 0 Å². The van der Waals surface area contributed by atoms with E-state index in [1.54, 1.807) is 6.07 Å². The van der Waals surface area contributed by atoms with Gasteiger partial charge in [0, 0.05) is 17.8 Å². The Balaban J connectivity index is 2.77. The van der Waals surface area contributed by atoms with Gasteiger partial charge in [-0.1, -0.05) is 26.8 Å². The van der Waals surface area contributed by atoms with Crippen molar-refractivity contribution in [3.8, 4) is 0 Å². The normalized spacial score (nSPS) is 11.4. The summed E-state index contributed by atoms with van der Waals surface area (Å²) in [6.07, 6.45) is 3.24. The van der Waals surface area contributed by atoms with Gasteiger partial charge in [0.2, 0.25) is 0 Å². The zero-order valence-corrected chi connectivity index (χ0v) is 12.5. The molecule has 1 aromatic carbocycles. The third kappa shape index (κ3) is 3.72. The van der Waals surface area contributed by atoms with Crippen molar-refractivity contribution in [1.29, 1.82) is 0 Å². The molecule has 1 aromatic rings. The minimum absolute atomic E-state index is 0.0236. The molecule has 3 nitrogen and oxygen atoms in total. The SMILES string of the molecule is CCC(CC)(CC)CNC(=O)c1cc(N)ccc1C. The van der Waals surface area contributed by atoms with Crippen LogP contribution in [-0.2, 0) is 0 Å². The molecule has 0 spiro atoms. The Morgan fingerprint density at radius 1 is 1.21 bits per heavy atom. The summed E-state index contributed by atoms with van der Waals surface area (Å²) in [6.45, 7) is 9.21. The second-order valence-corrected chi connectivity index (χ2v) is 5.32. The summed E-state index contributed by atoms with van der Waals surface area (Å²) in [7, 11) is 0. The molecule has 106 valence electrons. The fourth-order valence-electron chi connectivity index (χ4n) is 2.37. The topological polar surface area (TPSA) is 55.1 Å². The lowest BCUT2D eigenvalue weighted by molar-refractivity contribution is 0.0923. The fraction of sp³-hybridized carbons (Fsp3) is 0.562. The average Bonchev–Trinajstić information content (AvgIpc) is 2.43. The highest BCUT2D eigenvalue weighted by Gasteiger charge is 2.24. The second kappa shape index (κ2) is 6.60. The Labute approximate surface area is 116 Å². The first kappa shape index (κ1) is 15.5. The third-order valence-electron chi connectivity index (χ3n) is 4.38. The van der Waals surface area contributed by atoms with Crippen LogP contribution in [0.15, 0.2) is 18.2 Å². The van der Waals surface area contributed by atoms with E-state index in [9.17, 15) is 4.79 Å². The van der Waals surface area contributed by atoms with Crippen molar-refractivity contribution in [2.75, 3.05) is 12.3 Å². The number of amides is 1. The molecule has 19 heavy (non-hydrogen) atoms. The Bertz CT molecular complexity index is 428. The van der Waals surface area contributed by atoms with Gasteiger partial charge in [-0.25, -0.2) is 0 Å². The van der Waals surface area contributed by atoms with E-state index in [1.807, 2.05) is 19.1 Å². The molecule has 0 fully saturated rings. The number of carbonyl (C=O) groups excluding carboxylic acids is 1. The van der Waals surface area contributed by atoms with E-state index in [0.717, 1.165) is 31.4 Å². The van der Waals surface area contributed by atoms with Crippen LogP contribution in [0.5, 0.6) is 0 Å². The average molecular weight is 262 g/mol. The van der Waals surface area contributed by atoms with Crippen LogP contribution in [0.4, 0.5) is 5.69 Å². The predicted octanol–water partition coefficient (Wildman–Crippen LogP) is 3.52. The van der Waals surface area contributed by atoms with Crippen molar-refractivity contribution in [3.63, 3.8) is 0 Å². The van der Waals surface area contributed by atoms with Gasteiger partial charge in [0.05, 0.1) is 0 Å². The Morgan fingerprint density at radius 3 is 2.32 bits per heavy atom. The number of nitrogens with two attached hydrogens (primary N) is 1. The maximum absolute atomic E-state index is 12.2. The quantitative estimate of drug-likeness (QED) is 0.771. The highest BCUT2D eigenvalue weighted by atomic mass is 16.1. The molecule has 0 unspecified atom stereocenters. The number of hydrogen-bond acceptors (Lipinski definition) is 2. The molecule has 0 aliphatic rings. The van der Waals surface area contributed by atoms with Crippen molar-refractivity contribution in [2.24, 2.45) is 5.41 Å². The van der Waals surface area contributed by atoms with E-state index in [0.29, 0.717) is 11.3 Å². The van der Waals surface area contributed by atoms with Gasteiger partial charge >= 0.3 is 0 Å². The molecular formula is C16H26N2O. The van der Waals surface area contributed by atoms with E-state index in [4.69, 9.17) is 5.73 Å². The molecule has 0 saturated heterocycles. The van der Waals surface area contributed by atoms with Crippen molar-refractivity contribution in [1.82, 2.24) is 5.32 Å². The number of nitrogen functional groups attached to an aromatic ring is 1. The minimum atomic E-state index is -0.0236. The summed E-state index contributed by atoms with van der Waals surface area (Å²) < 4.78 is 0. The maximum Gasteiger partial charge on any atom is 0.251 e. The minimum Gasteiger partial charge on any atom is -0.399 e. The molecule has 3 N–H and O–H groups in total. The van der Waals surface area contributed by atoms with Crippen molar-refractivity contribution >= 4 is 11.6 Å². The number of hydrogen-bond donors (Lipinski definition) is 2. The molecular weight excluding hydrogens is 236 g/mol. The number of rotatable bonds is 6. The van der Waals surface area contributed by atoms with Gasteiger partial charge < -0.3 is 11.1 Å². The Morgan fingerprint density at radius 2 is 1.79 bits per heavy atom. The molecule has 0 radical (unpaired) electrons. The van der Waals surface area contributed by atoms with Crippen LogP contribution < -0.4 is 11.1 Å². The van der Waals surface area contributed by atoms with Gasteiger partial charge in [-0.3, -0.25) is 4.79 Å². The molecule has 0 bridgehead atoms. The zero-order chi connectivity index (χ0) is 14.5. The molecule has 0 aliphatic heterocycles. The Hall–Kier alpha value is -1.51. The molecule has 1 rings (SSSR count). The summed E-state index contributed by atoms with van der Waals surface area (Å²) in [5, 5.41) is 3.07. The van der Waals surface area contributed by atoms with Crippen LogP contribution >= 0.6 is 0 Å². The summed E-state index contributed by atoms with van der Waals surface area (Å²) in [6, 6.07) is 5.45. The fourth-order valence-corrected chi connectivity index (χ4v) is 2.37. The van der Waals surface area contributed by atoms with Gasteiger partial charge in [-0.05, 0) is 49.3 Å². The molecule has 0 heterocycles. The third-order valence-corrected chi connectivity index (χ3v) is 4.38. The number of carbonyl (C=O) groups is 1. The van der Waals surface area contributed by atoms with Crippen LogP contribution in [0.1, 0.15) is 56.0 Å². The molecule has 0 aromatic heterocycles. The highest BCUT2D eigenvalue weighted by molar-refractivity contribution is 5.96. The standard InChI is InChI=1S/C16H26N2O/c1-5-16(6-2,7-3)11-18-15(19)14-10-13(17)9-8-12(14)4/h8-10H,5-7,11,17H2,1-4H3,(H,18,19). The van der Waals surface area contributed by atoms with E-state index in [2.05, 4.69) is 26.1 Å². The first-order valence-electron chi connectivity index (χ1n) is 7.12. The first-order chi connectivity index (χ1) is 8.98. The van der Waals surface area contributed by atoms with Gasteiger partial charge in [0.15, 0.2) is 0 Å². The second-order valence-electron chi connectivity index (χ2n) is 5.32. The largest absolute Gasteiger partial charge is 0.399 e. The van der Waals surface area contributed by atoms with E-state index in [1.165, 1.54) is 0 Å². The highest BCUT2D eigenvalue weighted by Crippen LogP contribution is 2.29. The zero-order valence-electron chi connectivity index (χ0n) is 12.5. The van der Waals surface area contributed by atoms with Gasteiger partial charge in [0.1, 0.15) is 0 Å². The summed E-state index contributed by atoms with van der Waals surface area (Å²) in [4.78, 5) is 12.2. The summed E-state index contributed by atoms with van der Waals surface area (Å²) >= 11 is 0. The predicted molar refractivity (Wildman–Crippen MR) is 81.2 cm³/mol. The van der Waals surface area contributed by atoms with Crippen LogP contribution in [0.2, 0.25) is 0 Å². The van der Waals surface area contributed by atoms with Crippen LogP contribution in [0.3, 0.4) is 0 Å². The lowest BCUT2D eigenvalue weighted by Crippen LogP contribution is -2.36. The van der Waals surface area contributed by atoms with Crippen LogP contribution in [-0.4, -0.2) is 12.5 Å². The first-order valence-corrected chi connectivity index (χ1v) is 7.12. The van der Waals surface area contributed by atoms with Gasteiger partial charge in [-0.15, -0.1) is 0 Å². The van der Waals surface area contributed by atoms with Crippen molar-refractivity contribution in [3.05, 3.63) is 29.3 Å². The lowest BCUT2D eigenvalue weighted by Gasteiger charge is -2.30. The molecule has 0 atom stereocenters. The molecule has 0 saturated carbocycles. The lowest BCUT2D eigenvalue weighted by atomic mass is 9.80. The van der Waals surface area contributed by atoms with E-state index in [-0.39, 0.29) is 11.3 Å². The number of benzene rings is 1. The molecule has 0 aliphatic carbocycles. The molecule has 3 heteroatoms. The number of nitrogens with one attached hydrogen (secondary N) is 1. The smallest absolute Gasteiger partial charge is 0.251 e. The van der Waals surface area contributed by atoms with Gasteiger partial charge in [-0.2, -0.15) is 0 Å². The number of aryl methyl sites for hydroxylation is 1. The number of anilines is 1. The van der Waals surface area contributed by atoms with Gasteiger partial charge in [0.25, 0.3) is 5.91 Å². The monoisotopic (exact) mass is 262 g/mol. The van der Waals surface area contributed by atoms with Crippen LogP contribution in [0, 0.1) is 12.3 Å². The summed E-state index contributed by atoms with van der Waals surface area (Å²) in [5.74, 6) is -0.0236. The van der Waals surface area contributed by atoms with Crippen molar-refractivity contribution < 1.29 is 4.79 Å². The molecule has 1 amide bonds. The van der Waals surface area contributed by atoms with Crippen LogP contribution in [0.25, 0.3) is 0 Å². The maximum atomic E-state index is 12.2. The summed E-state index contributed by atoms with van der Waals surface area (Å²) in [5.41, 5.74) is 8.22. The Kier molecular flexibility index (Phi) is 5.40. The van der Waals surface area contributed by atoms with Crippen molar-refractivity contribution in [2.45, 2.75) is 47.0 Å².